The average Bonchev–Trinajstić information content (AvgIpc) is 3.37. The van der Waals surface area contributed by atoms with E-state index >= 15 is 0 Å². The second-order valence-electron chi connectivity index (χ2n) is 10.5. The number of methoxy groups -OCH3 is 2. The average molecular weight is 652 g/mol. The first-order chi connectivity index (χ1) is 22.4. The van der Waals surface area contributed by atoms with Crippen LogP contribution in [0.5, 0.6) is 17.2 Å². The number of nitrogens with zero attached hydrogens (tertiary/aromatic N) is 2. The van der Waals surface area contributed by atoms with Gasteiger partial charge in [0.2, 0.25) is 0 Å². The maximum atomic E-state index is 14.3. The molecule has 0 unspecified atom stereocenters. The molecule has 0 saturated carbocycles. The zero-order valence-electron chi connectivity index (χ0n) is 25.3. The topological polar surface area (TPSA) is 91.2 Å². The zero-order valence-corrected chi connectivity index (χ0v) is 26.9. The van der Waals surface area contributed by atoms with Crippen molar-refractivity contribution in [2.75, 3.05) is 19.5 Å². The molecule has 0 radical (unpaired) electrons. The Morgan fingerprint density at radius 3 is 2.52 bits per heavy atom. The van der Waals surface area contributed by atoms with E-state index in [0.29, 0.717) is 59.7 Å². The number of benzene rings is 4. The molecule has 1 aromatic heterocycles. The summed E-state index contributed by atoms with van der Waals surface area (Å²) in [4.78, 5) is 33.3. The smallest absolute Gasteiger partial charge is 0.271 e. The molecule has 5 aromatic rings. The number of carbonyl (C=O) groups excluding carboxylic acids is 1. The number of hydrogen-bond donors (Lipinski definition) is 1. The van der Waals surface area contributed by atoms with E-state index in [1.807, 2.05) is 84.9 Å². The monoisotopic (exact) mass is 651 g/mol. The summed E-state index contributed by atoms with van der Waals surface area (Å²) >= 11 is 7.42. The van der Waals surface area contributed by atoms with E-state index in [1.165, 1.54) is 11.3 Å². The number of thiazole rings is 1. The number of allylic oxidation sites excluding steroid dienone is 1. The van der Waals surface area contributed by atoms with Gasteiger partial charge in [-0.05, 0) is 66.6 Å². The number of nitrogens with one attached hydrogen (secondary N) is 1. The van der Waals surface area contributed by atoms with Crippen LogP contribution < -0.4 is 34.4 Å². The standard InChI is InChI=1S/C36H30ClN3O5S/c1-22-31(34(41)39-27-14-5-4-6-15-27)32(24-11-8-16-28(19-24)43-2)40-35(42)30(46-36(40)38-22)20-25-12-9-17-29(44-3)33(25)45-21-23-10-7-13-26(37)18-23/h4-20,32H,21H2,1-3H3,(H,39,41)/b30-20-/t32-/m1/s1. The SMILES string of the molecule is COc1cccc([C@@H]2C(C(=O)Nc3ccccc3)=C(C)N=c3s/c(=C\c4cccc(OC)c4OCc4cccc(Cl)c4)c(=O)n32)c1. The maximum absolute atomic E-state index is 14.3. The number of hydrogen-bond acceptors (Lipinski definition) is 7. The Kier molecular flexibility index (Phi) is 9.05. The van der Waals surface area contributed by atoms with Crippen LogP contribution in [0.2, 0.25) is 5.02 Å². The van der Waals surface area contributed by atoms with E-state index in [9.17, 15) is 9.59 Å². The molecule has 46 heavy (non-hydrogen) atoms. The number of para-hydroxylation sites is 2. The molecule has 4 aromatic carbocycles. The Hall–Kier alpha value is -5.12. The van der Waals surface area contributed by atoms with E-state index < -0.39 is 6.04 Å². The summed E-state index contributed by atoms with van der Waals surface area (Å²) < 4.78 is 19.3. The van der Waals surface area contributed by atoms with Crippen molar-refractivity contribution in [3.63, 3.8) is 0 Å². The fraction of sp³-hybridized carbons (Fsp3) is 0.139. The Morgan fingerprint density at radius 2 is 1.76 bits per heavy atom. The van der Waals surface area contributed by atoms with Gasteiger partial charge in [0.25, 0.3) is 11.5 Å². The molecule has 232 valence electrons. The van der Waals surface area contributed by atoms with Crippen LogP contribution in [-0.4, -0.2) is 24.7 Å². The Morgan fingerprint density at radius 1 is 0.978 bits per heavy atom. The molecule has 1 atom stereocenters. The third-order valence-corrected chi connectivity index (χ3v) is 8.71. The van der Waals surface area contributed by atoms with Crippen LogP contribution in [-0.2, 0) is 11.4 Å². The summed E-state index contributed by atoms with van der Waals surface area (Å²) in [5.41, 5.74) is 3.48. The molecule has 0 fully saturated rings. The van der Waals surface area contributed by atoms with Gasteiger partial charge in [0.1, 0.15) is 12.4 Å². The molecule has 8 nitrogen and oxygen atoms in total. The summed E-state index contributed by atoms with van der Waals surface area (Å²) in [6.07, 6.45) is 1.77. The van der Waals surface area contributed by atoms with Crippen molar-refractivity contribution >= 4 is 40.6 Å². The number of rotatable bonds is 9. The van der Waals surface area contributed by atoms with Crippen molar-refractivity contribution in [1.29, 1.82) is 0 Å². The predicted molar refractivity (Wildman–Crippen MR) is 181 cm³/mol. The summed E-state index contributed by atoms with van der Waals surface area (Å²) in [6.45, 7) is 2.03. The quantitative estimate of drug-likeness (QED) is 0.207. The van der Waals surface area contributed by atoms with Gasteiger partial charge >= 0.3 is 0 Å². The Balaban J connectivity index is 1.47. The number of aromatic nitrogens is 1. The normalized spacial score (nSPS) is 14.3. The fourth-order valence-corrected chi connectivity index (χ4v) is 6.59. The molecule has 6 rings (SSSR count). The molecule has 1 N–H and O–H groups in total. The van der Waals surface area contributed by atoms with Gasteiger partial charge in [0.05, 0.1) is 36.1 Å². The van der Waals surface area contributed by atoms with Crippen molar-refractivity contribution in [3.8, 4) is 17.2 Å². The van der Waals surface area contributed by atoms with Gasteiger partial charge in [0, 0.05) is 16.3 Å². The lowest BCUT2D eigenvalue weighted by molar-refractivity contribution is -0.113. The van der Waals surface area contributed by atoms with Crippen molar-refractivity contribution < 1.29 is 19.0 Å². The minimum absolute atomic E-state index is 0.248. The van der Waals surface area contributed by atoms with Crippen molar-refractivity contribution in [2.24, 2.45) is 4.99 Å². The molecule has 0 aliphatic carbocycles. The first-order valence-electron chi connectivity index (χ1n) is 14.4. The van der Waals surface area contributed by atoms with E-state index in [0.717, 1.165) is 5.56 Å². The molecule has 0 spiro atoms. The second-order valence-corrected chi connectivity index (χ2v) is 11.9. The molecule has 2 heterocycles. The largest absolute Gasteiger partial charge is 0.497 e. The highest BCUT2D eigenvalue weighted by Crippen LogP contribution is 2.34. The highest BCUT2D eigenvalue weighted by atomic mass is 35.5. The molecule has 1 amide bonds. The molecule has 0 bridgehead atoms. The van der Waals surface area contributed by atoms with Crippen LogP contribution >= 0.6 is 22.9 Å². The highest BCUT2D eigenvalue weighted by Gasteiger charge is 2.33. The minimum Gasteiger partial charge on any atom is -0.497 e. The Bertz CT molecular complexity index is 2140. The highest BCUT2D eigenvalue weighted by molar-refractivity contribution is 7.07. The Labute approximate surface area is 274 Å². The maximum Gasteiger partial charge on any atom is 0.271 e. The van der Waals surface area contributed by atoms with Crippen molar-refractivity contribution in [3.05, 3.63) is 150 Å². The lowest BCUT2D eigenvalue weighted by Crippen LogP contribution is -2.40. The van der Waals surface area contributed by atoms with Gasteiger partial charge in [0.15, 0.2) is 16.3 Å². The van der Waals surface area contributed by atoms with Gasteiger partial charge < -0.3 is 19.5 Å². The van der Waals surface area contributed by atoms with E-state index in [4.69, 9.17) is 30.8 Å². The second kappa shape index (κ2) is 13.5. The van der Waals surface area contributed by atoms with Gasteiger partial charge in [-0.1, -0.05) is 77.5 Å². The molecule has 1 aliphatic heterocycles. The predicted octanol–water partition coefficient (Wildman–Crippen LogP) is 6.12. The number of fused-ring (bicyclic) bond motifs is 1. The summed E-state index contributed by atoms with van der Waals surface area (Å²) in [6, 6.07) is 28.7. The van der Waals surface area contributed by atoms with E-state index in [1.54, 1.807) is 43.9 Å². The molecule has 10 heteroatoms. The molecule has 0 saturated heterocycles. The van der Waals surface area contributed by atoms with Crippen LogP contribution in [0.15, 0.2) is 118 Å². The van der Waals surface area contributed by atoms with Crippen LogP contribution in [0.4, 0.5) is 5.69 Å². The lowest BCUT2D eigenvalue weighted by Gasteiger charge is -2.25. The third kappa shape index (κ3) is 6.33. The van der Waals surface area contributed by atoms with Crippen molar-refractivity contribution in [1.82, 2.24) is 4.57 Å². The molecule has 1 aliphatic rings. The third-order valence-electron chi connectivity index (χ3n) is 7.50. The van der Waals surface area contributed by atoms with Crippen LogP contribution in [0.3, 0.4) is 0 Å². The number of amides is 1. The lowest BCUT2D eigenvalue weighted by atomic mass is 9.95. The number of halogens is 1. The summed E-state index contributed by atoms with van der Waals surface area (Å²) in [5, 5.41) is 3.58. The number of ether oxygens (including phenoxy) is 3. The van der Waals surface area contributed by atoms with Crippen molar-refractivity contribution in [2.45, 2.75) is 19.6 Å². The van der Waals surface area contributed by atoms with Gasteiger partial charge in [-0.15, -0.1) is 0 Å². The first-order valence-corrected chi connectivity index (χ1v) is 15.6. The number of carbonyl (C=O) groups is 1. The molecular weight excluding hydrogens is 622 g/mol. The van der Waals surface area contributed by atoms with Gasteiger partial charge in [-0.3, -0.25) is 14.2 Å². The summed E-state index contributed by atoms with van der Waals surface area (Å²) in [5.74, 6) is 1.27. The van der Waals surface area contributed by atoms with Gasteiger partial charge in [-0.25, -0.2) is 4.99 Å². The fourth-order valence-electron chi connectivity index (χ4n) is 5.34. The van der Waals surface area contributed by atoms with Gasteiger partial charge in [-0.2, -0.15) is 0 Å². The van der Waals surface area contributed by atoms with Crippen LogP contribution in [0.1, 0.15) is 29.7 Å². The van der Waals surface area contributed by atoms with Crippen LogP contribution in [0.25, 0.3) is 6.08 Å². The first kappa shape index (κ1) is 30.9. The summed E-state index contributed by atoms with van der Waals surface area (Å²) in [7, 11) is 3.15. The van der Waals surface area contributed by atoms with Crippen LogP contribution in [0, 0.1) is 0 Å². The molecular formula is C36H30ClN3O5S. The van der Waals surface area contributed by atoms with E-state index in [2.05, 4.69) is 5.32 Å². The minimum atomic E-state index is -0.749. The zero-order chi connectivity index (χ0) is 32.2. The number of anilines is 1. The van der Waals surface area contributed by atoms with E-state index in [-0.39, 0.29) is 18.1 Å².